The van der Waals surface area contributed by atoms with Gasteiger partial charge in [0.1, 0.15) is 0 Å². The largest absolute Gasteiger partial charge is 0.323 e. The molecule has 0 atom stereocenters. The first kappa shape index (κ1) is 11.8. The number of fused-ring (bicyclic) bond motifs is 1. The first-order valence-electron chi connectivity index (χ1n) is 6.29. The van der Waals surface area contributed by atoms with Gasteiger partial charge in [-0.3, -0.25) is 0 Å². The standard InChI is InChI=1S/C15H15N3O/c1-15(2)10-18(13-8-4-3-6-11(13)15)14-12(17-19)7-5-9-16-14/h3-9H,10H2,1-2H3. The van der Waals surface area contributed by atoms with Gasteiger partial charge in [-0.1, -0.05) is 32.0 Å². The van der Waals surface area contributed by atoms with Crippen LogP contribution in [0.1, 0.15) is 19.4 Å². The van der Waals surface area contributed by atoms with Crippen LogP contribution in [0, 0.1) is 4.91 Å². The lowest BCUT2D eigenvalue weighted by molar-refractivity contribution is 0.568. The lowest BCUT2D eigenvalue weighted by Gasteiger charge is -2.22. The molecule has 19 heavy (non-hydrogen) atoms. The molecule has 0 N–H and O–H groups in total. The number of anilines is 2. The van der Waals surface area contributed by atoms with Crippen LogP contribution in [0.4, 0.5) is 17.2 Å². The lowest BCUT2D eigenvalue weighted by atomic mass is 9.87. The first-order valence-corrected chi connectivity index (χ1v) is 6.29. The summed E-state index contributed by atoms with van der Waals surface area (Å²) in [5.41, 5.74) is 2.80. The van der Waals surface area contributed by atoms with E-state index in [-0.39, 0.29) is 5.41 Å². The molecule has 1 aliphatic rings. The van der Waals surface area contributed by atoms with Crippen LogP contribution in [0.15, 0.2) is 47.8 Å². The molecule has 1 aromatic carbocycles. The smallest absolute Gasteiger partial charge is 0.162 e. The van der Waals surface area contributed by atoms with E-state index in [0.29, 0.717) is 11.5 Å². The Morgan fingerprint density at radius 2 is 2.00 bits per heavy atom. The van der Waals surface area contributed by atoms with E-state index in [9.17, 15) is 4.91 Å². The normalized spacial score (nSPS) is 16.2. The zero-order valence-corrected chi connectivity index (χ0v) is 11.0. The van der Waals surface area contributed by atoms with Gasteiger partial charge in [0, 0.05) is 23.8 Å². The van der Waals surface area contributed by atoms with Gasteiger partial charge in [-0.05, 0) is 28.9 Å². The number of hydrogen-bond acceptors (Lipinski definition) is 4. The van der Waals surface area contributed by atoms with Crippen molar-refractivity contribution < 1.29 is 0 Å². The average molecular weight is 253 g/mol. The highest BCUT2D eigenvalue weighted by atomic mass is 16.3. The minimum Gasteiger partial charge on any atom is -0.323 e. The van der Waals surface area contributed by atoms with E-state index in [0.717, 1.165) is 12.2 Å². The van der Waals surface area contributed by atoms with Gasteiger partial charge in [0.15, 0.2) is 11.5 Å². The third kappa shape index (κ3) is 1.80. The minimum atomic E-state index is 0.0360. The van der Waals surface area contributed by atoms with E-state index < -0.39 is 0 Å². The second kappa shape index (κ2) is 4.16. The molecule has 0 fully saturated rings. The molecule has 4 nitrogen and oxygen atoms in total. The Labute approximate surface area is 112 Å². The van der Waals surface area contributed by atoms with Crippen molar-refractivity contribution in [2.45, 2.75) is 19.3 Å². The average Bonchev–Trinajstić information content (AvgIpc) is 2.71. The summed E-state index contributed by atoms with van der Waals surface area (Å²) in [6.07, 6.45) is 1.69. The van der Waals surface area contributed by atoms with E-state index in [1.807, 2.05) is 12.1 Å². The number of nitrogens with zero attached hydrogens (tertiary/aromatic N) is 3. The second-order valence-corrected chi connectivity index (χ2v) is 5.42. The van der Waals surface area contributed by atoms with Crippen molar-refractivity contribution in [2.24, 2.45) is 5.18 Å². The molecular formula is C15H15N3O. The number of pyridine rings is 1. The summed E-state index contributed by atoms with van der Waals surface area (Å²) in [6.45, 7) is 5.19. The predicted molar refractivity (Wildman–Crippen MR) is 76.2 cm³/mol. The molecule has 2 heterocycles. The van der Waals surface area contributed by atoms with Crippen molar-refractivity contribution in [1.29, 1.82) is 0 Å². The Balaban J connectivity index is 2.16. The van der Waals surface area contributed by atoms with Gasteiger partial charge in [-0.2, -0.15) is 0 Å². The van der Waals surface area contributed by atoms with Crippen LogP contribution in [-0.4, -0.2) is 11.5 Å². The quantitative estimate of drug-likeness (QED) is 0.762. The van der Waals surface area contributed by atoms with E-state index in [1.165, 1.54) is 5.56 Å². The van der Waals surface area contributed by atoms with Crippen LogP contribution >= 0.6 is 0 Å². The van der Waals surface area contributed by atoms with Crippen molar-refractivity contribution in [3.8, 4) is 0 Å². The van der Waals surface area contributed by atoms with Crippen LogP contribution in [0.25, 0.3) is 0 Å². The molecule has 3 rings (SSSR count). The molecule has 0 unspecified atom stereocenters. The molecule has 0 bridgehead atoms. The zero-order valence-electron chi connectivity index (χ0n) is 11.0. The molecule has 1 aliphatic heterocycles. The summed E-state index contributed by atoms with van der Waals surface area (Å²) in [4.78, 5) is 17.3. The monoisotopic (exact) mass is 253 g/mol. The van der Waals surface area contributed by atoms with Gasteiger partial charge in [-0.15, -0.1) is 4.91 Å². The fourth-order valence-electron chi connectivity index (χ4n) is 2.70. The van der Waals surface area contributed by atoms with Crippen molar-refractivity contribution in [3.63, 3.8) is 0 Å². The van der Waals surface area contributed by atoms with Crippen molar-refractivity contribution in [2.75, 3.05) is 11.4 Å². The van der Waals surface area contributed by atoms with Crippen LogP contribution in [0.2, 0.25) is 0 Å². The Morgan fingerprint density at radius 1 is 1.21 bits per heavy atom. The molecule has 0 amide bonds. The van der Waals surface area contributed by atoms with Crippen LogP contribution in [0.3, 0.4) is 0 Å². The van der Waals surface area contributed by atoms with Crippen molar-refractivity contribution >= 4 is 17.2 Å². The first-order chi connectivity index (χ1) is 9.13. The third-order valence-corrected chi connectivity index (χ3v) is 3.60. The number of aromatic nitrogens is 1. The van der Waals surface area contributed by atoms with Gasteiger partial charge in [0.25, 0.3) is 0 Å². The number of benzene rings is 1. The van der Waals surface area contributed by atoms with E-state index in [1.54, 1.807) is 18.3 Å². The molecule has 4 heteroatoms. The predicted octanol–water partition coefficient (Wildman–Crippen LogP) is 3.91. The van der Waals surface area contributed by atoms with Crippen molar-refractivity contribution in [1.82, 2.24) is 4.98 Å². The molecule has 0 aliphatic carbocycles. The molecule has 0 saturated carbocycles. The zero-order chi connectivity index (χ0) is 13.5. The number of para-hydroxylation sites is 1. The Bertz CT molecular complexity index is 637. The van der Waals surface area contributed by atoms with Gasteiger partial charge < -0.3 is 4.90 Å². The van der Waals surface area contributed by atoms with Crippen LogP contribution < -0.4 is 4.90 Å². The maximum atomic E-state index is 10.9. The second-order valence-electron chi connectivity index (χ2n) is 5.42. The number of nitroso groups, excluding NO2 is 1. The molecule has 2 aromatic rings. The summed E-state index contributed by atoms with van der Waals surface area (Å²) < 4.78 is 0. The Kier molecular flexibility index (Phi) is 2.59. The Morgan fingerprint density at radius 3 is 2.79 bits per heavy atom. The molecule has 1 aromatic heterocycles. The maximum absolute atomic E-state index is 10.9. The summed E-state index contributed by atoms with van der Waals surface area (Å²) in [5, 5.41) is 3.08. The highest BCUT2D eigenvalue weighted by Gasteiger charge is 2.36. The molecule has 0 radical (unpaired) electrons. The van der Waals surface area contributed by atoms with E-state index in [2.05, 4.69) is 41.0 Å². The summed E-state index contributed by atoms with van der Waals surface area (Å²) in [6, 6.07) is 11.7. The SMILES string of the molecule is CC1(C)CN(c2ncccc2N=O)c2ccccc21. The summed E-state index contributed by atoms with van der Waals surface area (Å²) >= 11 is 0. The minimum absolute atomic E-state index is 0.0360. The maximum Gasteiger partial charge on any atom is 0.162 e. The Hall–Kier alpha value is -2.23. The number of rotatable bonds is 2. The van der Waals surface area contributed by atoms with Gasteiger partial charge in [0.05, 0.1) is 0 Å². The fraction of sp³-hybridized carbons (Fsp3) is 0.267. The van der Waals surface area contributed by atoms with Crippen LogP contribution in [0.5, 0.6) is 0 Å². The van der Waals surface area contributed by atoms with Gasteiger partial charge in [0.2, 0.25) is 0 Å². The van der Waals surface area contributed by atoms with Gasteiger partial charge >= 0.3 is 0 Å². The number of hydrogen-bond donors (Lipinski definition) is 0. The molecule has 0 spiro atoms. The lowest BCUT2D eigenvalue weighted by Crippen LogP contribution is -2.25. The highest BCUT2D eigenvalue weighted by Crippen LogP contribution is 2.45. The van der Waals surface area contributed by atoms with E-state index in [4.69, 9.17) is 0 Å². The molecule has 96 valence electrons. The third-order valence-electron chi connectivity index (χ3n) is 3.60. The topological polar surface area (TPSA) is 45.6 Å². The van der Waals surface area contributed by atoms with E-state index >= 15 is 0 Å². The van der Waals surface area contributed by atoms with Crippen molar-refractivity contribution in [3.05, 3.63) is 53.1 Å². The van der Waals surface area contributed by atoms with Gasteiger partial charge in [-0.25, -0.2) is 4.98 Å². The summed E-state index contributed by atoms with van der Waals surface area (Å²) in [5.74, 6) is 0.635. The molecular weight excluding hydrogens is 238 g/mol. The fourth-order valence-corrected chi connectivity index (χ4v) is 2.70. The highest BCUT2D eigenvalue weighted by molar-refractivity contribution is 5.76. The van der Waals surface area contributed by atoms with Crippen LogP contribution in [-0.2, 0) is 5.41 Å². The molecule has 0 saturated heterocycles. The summed E-state index contributed by atoms with van der Waals surface area (Å²) in [7, 11) is 0.